The zero-order valence-electron chi connectivity index (χ0n) is 14.5. The monoisotopic (exact) mass is 316 g/mol. The van der Waals surface area contributed by atoms with Crippen LogP contribution >= 0.6 is 0 Å². The molecule has 0 aliphatic carbocycles. The van der Waals surface area contributed by atoms with Crippen LogP contribution in [0.2, 0.25) is 0 Å². The van der Waals surface area contributed by atoms with Crippen molar-refractivity contribution in [3.05, 3.63) is 29.3 Å². The van der Waals surface area contributed by atoms with Gasteiger partial charge in [-0.25, -0.2) is 0 Å². The van der Waals surface area contributed by atoms with Crippen LogP contribution in [0, 0.1) is 0 Å². The molecule has 2 heterocycles. The molecule has 4 heteroatoms. The molecule has 2 aliphatic heterocycles. The Morgan fingerprint density at radius 1 is 1.26 bits per heavy atom. The van der Waals surface area contributed by atoms with Crippen LogP contribution in [0.4, 0.5) is 5.69 Å². The maximum atomic E-state index is 5.64. The van der Waals surface area contributed by atoms with Crippen LogP contribution < -0.4 is 10.1 Å². The summed E-state index contributed by atoms with van der Waals surface area (Å²) < 4.78 is 11.1. The summed E-state index contributed by atoms with van der Waals surface area (Å²) in [5.74, 6) is 0.941. The SMILES string of the molecule is CCOc1ccc2c(c1)C=C(CCN1CCOCC1)C(C)(C)N2. The van der Waals surface area contributed by atoms with Crippen molar-refractivity contribution in [3.63, 3.8) is 0 Å². The third-order valence-corrected chi connectivity index (χ3v) is 4.71. The summed E-state index contributed by atoms with van der Waals surface area (Å²) in [5, 5.41) is 3.68. The average molecular weight is 316 g/mol. The maximum Gasteiger partial charge on any atom is 0.120 e. The third kappa shape index (κ3) is 3.88. The van der Waals surface area contributed by atoms with E-state index in [1.807, 2.05) is 13.0 Å². The molecule has 1 fully saturated rings. The van der Waals surface area contributed by atoms with Gasteiger partial charge in [0.25, 0.3) is 0 Å². The quantitative estimate of drug-likeness (QED) is 0.903. The van der Waals surface area contributed by atoms with Crippen LogP contribution in [0.3, 0.4) is 0 Å². The first-order valence-corrected chi connectivity index (χ1v) is 8.64. The Balaban J connectivity index is 1.75. The molecule has 0 atom stereocenters. The van der Waals surface area contributed by atoms with E-state index in [1.165, 1.54) is 16.8 Å². The molecular weight excluding hydrogens is 288 g/mol. The molecule has 126 valence electrons. The molecule has 4 nitrogen and oxygen atoms in total. The highest BCUT2D eigenvalue weighted by Gasteiger charge is 2.28. The van der Waals surface area contributed by atoms with Crippen molar-refractivity contribution in [2.24, 2.45) is 0 Å². The maximum absolute atomic E-state index is 5.64. The number of hydrogen-bond donors (Lipinski definition) is 1. The van der Waals surface area contributed by atoms with Crippen molar-refractivity contribution in [2.75, 3.05) is 44.8 Å². The van der Waals surface area contributed by atoms with E-state index in [9.17, 15) is 0 Å². The fraction of sp³-hybridized carbons (Fsp3) is 0.579. The number of benzene rings is 1. The Bertz CT molecular complexity index is 575. The number of fused-ring (bicyclic) bond motifs is 1. The van der Waals surface area contributed by atoms with Gasteiger partial charge in [-0.1, -0.05) is 6.08 Å². The van der Waals surface area contributed by atoms with E-state index < -0.39 is 0 Å². The minimum absolute atomic E-state index is 0.00752. The van der Waals surface area contributed by atoms with E-state index in [-0.39, 0.29) is 5.54 Å². The summed E-state index contributed by atoms with van der Waals surface area (Å²) in [6, 6.07) is 6.30. The van der Waals surface area contributed by atoms with Gasteiger partial charge in [0.05, 0.1) is 25.4 Å². The fourth-order valence-electron chi connectivity index (χ4n) is 3.30. The van der Waals surface area contributed by atoms with Gasteiger partial charge < -0.3 is 14.8 Å². The van der Waals surface area contributed by atoms with E-state index in [0.29, 0.717) is 6.61 Å². The Morgan fingerprint density at radius 3 is 2.78 bits per heavy atom. The molecule has 0 unspecified atom stereocenters. The molecule has 23 heavy (non-hydrogen) atoms. The highest BCUT2D eigenvalue weighted by molar-refractivity contribution is 5.75. The van der Waals surface area contributed by atoms with Crippen LogP contribution in [0.1, 0.15) is 32.8 Å². The Labute approximate surface area is 139 Å². The van der Waals surface area contributed by atoms with E-state index in [0.717, 1.165) is 45.0 Å². The van der Waals surface area contributed by atoms with Crippen molar-refractivity contribution in [1.29, 1.82) is 0 Å². The van der Waals surface area contributed by atoms with Gasteiger partial charge in [-0.3, -0.25) is 4.90 Å². The number of anilines is 1. The van der Waals surface area contributed by atoms with Gasteiger partial charge in [0, 0.05) is 30.9 Å². The highest BCUT2D eigenvalue weighted by Crippen LogP contribution is 2.36. The third-order valence-electron chi connectivity index (χ3n) is 4.71. The summed E-state index contributed by atoms with van der Waals surface area (Å²) >= 11 is 0. The van der Waals surface area contributed by atoms with E-state index in [4.69, 9.17) is 9.47 Å². The molecule has 0 amide bonds. The summed E-state index contributed by atoms with van der Waals surface area (Å²) in [6.45, 7) is 12.2. The first-order chi connectivity index (χ1) is 11.1. The van der Waals surface area contributed by atoms with Crippen LogP contribution in [-0.2, 0) is 4.74 Å². The van der Waals surface area contributed by atoms with E-state index in [2.05, 4.69) is 42.3 Å². The normalized spacial score (nSPS) is 20.4. The Hall–Kier alpha value is -1.52. The predicted octanol–water partition coefficient (Wildman–Crippen LogP) is 3.40. The number of ether oxygens (including phenoxy) is 2. The molecule has 1 N–H and O–H groups in total. The van der Waals surface area contributed by atoms with Gasteiger partial charge in [0.15, 0.2) is 0 Å². The number of nitrogens with one attached hydrogen (secondary N) is 1. The predicted molar refractivity (Wildman–Crippen MR) is 95.2 cm³/mol. The molecule has 1 saturated heterocycles. The molecular formula is C19H28N2O2. The molecule has 2 aliphatic rings. The molecule has 0 aromatic heterocycles. The molecule has 0 spiro atoms. The van der Waals surface area contributed by atoms with E-state index >= 15 is 0 Å². The van der Waals surface area contributed by atoms with Crippen LogP contribution in [0.25, 0.3) is 6.08 Å². The van der Waals surface area contributed by atoms with Gasteiger partial charge in [0.1, 0.15) is 5.75 Å². The lowest BCUT2D eigenvalue weighted by Gasteiger charge is -2.37. The number of hydrogen-bond acceptors (Lipinski definition) is 4. The average Bonchev–Trinajstić information content (AvgIpc) is 2.54. The lowest BCUT2D eigenvalue weighted by Crippen LogP contribution is -2.40. The first kappa shape index (κ1) is 16.3. The second kappa shape index (κ2) is 6.93. The van der Waals surface area contributed by atoms with Crippen LogP contribution in [0.15, 0.2) is 23.8 Å². The van der Waals surface area contributed by atoms with Gasteiger partial charge in [-0.2, -0.15) is 0 Å². The smallest absolute Gasteiger partial charge is 0.120 e. The second-order valence-corrected chi connectivity index (χ2v) is 6.81. The molecule has 1 aromatic rings. The topological polar surface area (TPSA) is 33.7 Å². The van der Waals surface area contributed by atoms with Gasteiger partial charge in [-0.15, -0.1) is 0 Å². The van der Waals surface area contributed by atoms with Crippen molar-refractivity contribution in [2.45, 2.75) is 32.7 Å². The number of rotatable bonds is 5. The minimum Gasteiger partial charge on any atom is -0.494 e. The lowest BCUT2D eigenvalue weighted by atomic mass is 9.85. The van der Waals surface area contributed by atoms with Crippen LogP contribution in [-0.4, -0.2) is 49.9 Å². The number of nitrogens with zero attached hydrogens (tertiary/aromatic N) is 1. The Kier molecular flexibility index (Phi) is 4.93. The lowest BCUT2D eigenvalue weighted by molar-refractivity contribution is 0.0382. The molecule has 3 rings (SSSR count). The minimum atomic E-state index is -0.00752. The molecule has 0 radical (unpaired) electrons. The molecule has 1 aromatic carbocycles. The van der Waals surface area contributed by atoms with Crippen LogP contribution in [0.5, 0.6) is 5.75 Å². The standard InChI is InChI=1S/C19H28N2O2/c1-4-23-17-5-6-18-15(14-17)13-16(19(2,3)20-18)7-8-21-9-11-22-12-10-21/h5-6,13-14,20H,4,7-12H2,1-3H3. The van der Waals surface area contributed by atoms with Gasteiger partial charge >= 0.3 is 0 Å². The van der Waals surface area contributed by atoms with Crippen molar-refractivity contribution >= 4 is 11.8 Å². The Morgan fingerprint density at radius 2 is 2.04 bits per heavy atom. The van der Waals surface area contributed by atoms with Gasteiger partial charge in [-0.05, 0) is 51.0 Å². The summed E-state index contributed by atoms with van der Waals surface area (Å²) in [7, 11) is 0. The second-order valence-electron chi connectivity index (χ2n) is 6.81. The zero-order valence-corrected chi connectivity index (χ0v) is 14.5. The van der Waals surface area contributed by atoms with Gasteiger partial charge in [0.2, 0.25) is 0 Å². The first-order valence-electron chi connectivity index (χ1n) is 8.64. The van der Waals surface area contributed by atoms with Crippen molar-refractivity contribution in [1.82, 2.24) is 4.90 Å². The summed E-state index contributed by atoms with van der Waals surface area (Å²) in [4.78, 5) is 2.49. The summed E-state index contributed by atoms with van der Waals surface area (Å²) in [6.07, 6.45) is 3.42. The zero-order chi connectivity index (χ0) is 16.3. The molecule has 0 bridgehead atoms. The largest absolute Gasteiger partial charge is 0.494 e. The van der Waals surface area contributed by atoms with E-state index in [1.54, 1.807) is 0 Å². The fourth-order valence-corrected chi connectivity index (χ4v) is 3.30. The van der Waals surface area contributed by atoms with Crippen molar-refractivity contribution in [3.8, 4) is 5.75 Å². The molecule has 0 saturated carbocycles. The number of morpholine rings is 1. The highest BCUT2D eigenvalue weighted by atomic mass is 16.5. The summed E-state index contributed by atoms with van der Waals surface area (Å²) in [5.41, 5.74) is 3.86. The van der Waals surface area contributed by atoms with Crippen molar-refractivity contribution < 1.29 is 9.47 Å².